The summed E-state index contributed by atoms with van der Waals surface area (Å²) in [5.74, 6) is 0.909. The Kier molecular flexibility index (Phi) is 6.37. The van der Waals surface area contributed by atoms with Crippen molar-refractivity contribution in [1.82, 2.24) is 9.88 Å². The van der Waals surface area contributed by atoms with E-state index in [2.05, 4.69) is 4.98 Å². The molecule has 1 aliphatic rings. The van der Waals surface area contributed by atoms with Gasteiger partial charge in [0.05, 0.1) is 9.88 Å². The van der Waals surface area contributed by atoms with Gasteiger partial charge in [-0.05, 0) is 69.2 Å². The quantitative estimate of drug-likeness (QED) is 0.542. The third kappa shape index (κ3) is 5.51. The van der Waals surface area contributed by atoms with Crippen LogP contribution in [0.3, 0.4) is 0 Å². The minimum atomic E-state index is -0.570. The average Bonchev–Trinajstić information content (AvgIpc) is 3.42. The maximum absolute atomic E-state index is 12.4. The number of amides is 2. The number of ether oxygens (including phenoxy) is 2. The van der Waals surface area contributed by atoms with E-state index >= 15 is 0 Å². The van der Waals surface area contributed by atoms with E-state index in [4.69, 9.17) is 15.2 Å². The van der Waals surface area contributed by atoms with Crippen molar-refractivity contribution in [3.05, 3.63) is 65.3 Å². The summed E-state index contributed by atoms with van der Waals surface area (Å²) in [6.07, 6.45) is 0.430. The number of rotatable bonds is 5. The Labute approximate surface area is 197 Å². The van der Waals surface area contributed by atoms with Crippen LogP contribution in [0.2, 0.25) is 0 Å². The molecule has 2 heterocycles. The zero-order valence-corrected chi connectivity index (χ0v) is 19.7. The average molecular weight is 466 g/mol. The van der Waals surface area contributed by atoms with Crippen LogP contribution in [-0.4, -0.2) is 40.6 Å². The van der Waals surface area contributed by atoms with Gasteiger partial charge in [0, 0.05) is 19.0 Å². The zero-order valence-electron chi connectivity index (χ0n) is 18.9. The van der Waals surface area contributed by atoms with E-state index in [0.29, 0.717) is 18.8 Å². The molecule has 33 heavy (non-hydrogen) atoms. The lowest BCUT2D eigenvalue weighted by atomic mass is 10.1. The molecule has 172 valence electrons. The first-order valence-electron chi connectivity index (χ1n) is 10.8. The molecule has 0 bridgehead atoms. The second kappa shape index (κ2) is 9.23. The SMILES string of the molecule is CC(C)(C)OC(=O)N1CCC(c2nc(C(N)=O)c(-c3ccc(Oc4ccccc4)cc3)s2)C1. The predicted molar refractivity (Wildman–Crippen MR) is 128 cm³/mol. The number of hydrogen-bond donors (Lipinski definition) is 1. The maximum atomic E-state index is 12.4. The summed E-state index contributed by atoms with van der Waals surface area (Å²) in [7, 11) is 0. The molecule has 3 aromatic rings. The minimum Gasteiger partial charge on any atom is -0.457 e. The number of aromatic nitrogens is 1. The normalized spacial score (nSPS) is 16.0. The van der Waals surface area contributed by atoms with Crippen molar-refractivity contribution in [3.63, 3.8) is 0 Å². The Morgan fingerprint density at radius 2 is 1.73 bits per heavy atom. The summed E-state index contributed by atoms with van der Waals surface area (Å²) in [6, 6.07) is 17.0. The first-order valence-corrected chi connectivity index (χ1v) is 11.6. The van der Waals surface area contributed by atoms with E-state index in [0.717, 1.165) is 27.6 Å². The van der Waals surface area contributed by atoms with Crippen LogP contribution < -0.4 is 10.5 Å². The fraction of sp³-hybridized carbons (Fsp3) is 0.320. The number of para-hydroxylation sites is 1. The van der Waals surface area contributed by atoms with Crippen LogP contribution >= 0.6 is 11.3 Å². The summed E-state index contributed by atoms with van der Waals surface area (Å²) >= 11 is 1.44. The molecule has 0 saturated carbocycles. The molecule has 7 nitrogen and oxygen atoms in total. The van der Waals surface area contributed by atoms with Gasteiger partial charge in [-0.3, -0.25) is 4.79 Å². The Morgan fingerprint density at radius 1 is 1.06 bits per heavy atom. The van der Waals surface area contributed by atoms with E-state index in [1.807, 2.05) is 75.4 Å². The largest absolute Gasteiger partial charge is 0.457 e. The number of thiazole rings is 1. The van der Waals surface area contributed by atoms with Crippen LogP contribution in [0.5, 0.6) is 11.5 Å². The van der Waals surface area contributed by atoms with Gasteiger partial charge in [-0.2, -0.15) is 0 Å². The summed E-state index contributed by atoms with van der Waals surface area (Å²) in [5, 5.41) is 0.800. The highest BCUT2D eigenvalue weighted by Gasteiger charge is 2.33. The smallest absolute Gasteiger partial charge is 0.410 e. The number of primary amides is 1. The van der Waals surface area contributed by atoms with Crippen LogP contribution in [0.4, 0.5) is 4.79 Å². The number of likely N-dealkylation sites (tertiary alicyclic amines) is 1. The Hall–Kier alpha value is -3.39. The molecule has 0 spiro atoms. The highest BCUT2D eigenvalue weighted by atomic mass is 32.1. The van der Waals surface area contributed by atoms with E-state index in [1.165, 1.54) is 11.3 Å². The van der Waals surface area contributed by atoms with Gasteiger partial charge in [-0.25, -0.2) is 9.78 Å². The number of hydrogen-bond acceptors (Lipinski definition) is 6. The maximum Gasteiger partial charge on any atom is 0.410 e. The zero-order chi connectivity index (χ0) is 23.6. The monoisotopic (exact) mass is 465 g/mol. The van der Waals surface area contributed by atoms with Gasteiger partial charge < -0.3 is 20.1 Å². The molecule has 0 radical (unpaired) electrons. The summed E-state index contributed by atoms with van der Waals surface area (Å²) in [4.78, 5) is 31.5. The molecular formula is C25H27N3O4S. The highest BCUT2D eigenvalue weighted by molar-refractivity contribution is 7.15. The van der Waals surface area contributed by atoms with Crippen LogP contribution in [0.25, 0.3) is 10.4 Å². The molecule has 8 heteroatoms. The van der Waals surface area contributed by atoms with Gasteiger partial charge in [0.15, 0.2) is 0 Å². The number of nitrogens with two attached hydrogens (primary N) is 1. The lowest BCUT2D eigenvalue weighted by Gasteiger charge is -2.24. The topological polar surface area (TPSA) is 94.8 Å². The van der Waals surface area contributed by atoms with E-state index in [-0.39, 0.29) is 17.7 Å². The Morgan fingerprint density at radius 3 is 2.36 bits per heavy atom. The van der Waals surface area contributed by atoms with Gasteiger partial charge in [-0.1, -0.05) is 18.2 Å². The molecule has 1 saturated heterocycles. The first-order chi connectivity index (χ1) is 15.7. The van der Waals surface area contributed by atoms with Crippen LogP contribution in [0.15, 0.2) is 54.6 Å². The second-order valence-electron chi connectivity index (χ2n) is 8.95. The van der Waals surface area contributed by atoms with E-state index in [9.17, 15) is 9.59 Å². The fourth-order valence-corrected chi connectivity index (χ4v) is 4.83. The van der Waals surface area contributed by atoms with Crippen molar-refractivity contribution in [2.24, 2.45) is 5.73 Å². The lowest BCUT2D eigenvalue weighted by Crippen LogP contribution is -2.35. The third-order valence-corrected chi connectivity index (χ3v) is 6.43. The van der Waals surface area contributed by atoms with Crippen molar-refractivity contribution in [3.8, 4) is 21.9 Å². The molecule has 1 aromatic heterocycles. The predicted octanol–water partition coefficient (Wildman–Crippen LogP) is 5.43. The van der Waals surface area contributed by atoms with Crippen molar-refractivity contribution in [2.45, 2.75) is 38.7 Å². The number of nitrogens with zero attached hydrogens (tertiary/aromatic N) is 2. The molecule has 1 atom stereocenters. The second-order valence-corrected chi connectivity index (χ2v) is 9.98. The summed E-state index contributed by atoms with van der Waals surface area (Å²) in [6.45, 7) is 6.64. The lowest BCUT2D eigenvalue weighted by molar-refractivity contribution is 0.0292. The summed E-state index contributed by atoms with van der Waals surface area (Å²) < 4.78 is 11.3. The van der Waals surface area contributed by atoms with Gasteiger partial charge in [-0.15, -0.1) is 11.3 Å². The summed E-state index contributed by atoms with van der Waals surface area (Å²) in [5.41, 5.74) is 6.19. The third-order valence-electron chi connectivity index (χ3n) is 5.16. The van der Waals surface area contributed by atoms with Crippen molar-refractivity contribution < 1.29 is 19.1 Å². The molecular weight excluding hydrogens is 438 g/mol. The van der Waals surface area contributed by atoms with Crippen molar-refractivity contribution >= 4 is 23.3 Å². The van der Waals surface area contributed by atoms with Crippen molar-refractivity contribution in [1.29, 1.82) is 0 Å². The number of carbonyl (C=O) groups is 2. The molecule has 2 aromatic carbocycles. The molecule has 4 rings (SSSR count). The first kappa shape index (κ1) is 22.8. The highest BCUT2D eigenvalue weighted by Crippen LogP contribution is 2.38. The van der Waals surface area contributed by atoms with Gasteiger partial charge in [0.2, 0.25) is 0 Å². The van der Waals surface area contributed by atoms with E-state index < -0.39 is 11.5 Å². The van der Waals surface area contributed by atoms with Gasteiger partial charge >= 0.3 is 6.09 Å². The van der Waals surface area contributed by atoms with Gasteiger partial charge in [0.25, 0.3) is 5.91 Å². The minimum absolute atomic E-state index is 0.0371. The molecule has 2 amide bonds. The van der Waals surface area contributed by atoms with Crippen LogP contribution in [0, 0.1) is 0 Å². The standard InChI is InChI=1S/C25H27N3O4S/c1-25(2,3)32-24(30)28-14-13-17(15-28)23-27-20(22(26)29)21(33-23)16-9-11-19(12-10-16)31-18-7-5-4-6-8-18/h4-12,17H,13-15H2,1-3H3,(H2,26,29). The fourth-order valence-electron chi connectivity index (χ4n) is 3.63. The van der Waals surface area contributed by atoms with Crippen LogP contribution in [-0.2, 0) is 4.74 Å². The molecule has 1 unspecified atom stereocenters. The van der Waals surface area contributed by atoms with E-state index in [1.54, 1.807) is 4.90 Å². The Balaban J connectivity index is 1.52. The number of benzene rings is 2. The molecule has 0 aliphatic carbocycles. The van der Waals surface area contributed by atoms with Gasteiger partial charge in [0.1, 0.15) is 22.8 Å². The molecule has 2 N–H and O–H groups in total. The molecule has 1 aliphatic heterocycles. The molecule has 1 fully saturated rings. The van der Waals surface area contributed by atoms with Crippen LogP contribution in [0.1, 0.15) is 48.6 Å². The Bertz CT molecular complexity index is 1140. The van der Waals surface area contributed by atoms with Crippen molar-refractivity contribution in [2.75, 3.05) is 13.1 Å². The number of carbonyl (C=O) groups excluding carboxylic acids is 2.